The van der Waals surface area contributed by atoms with E-state index in [4.69, 9.17) is 20.1 Å². The molecule has 1 aliphatic rings. The second-order valence-corrected chi connectivity index (χ2v) is 8.24. The number of hydrogen-bond donors (Lipinski definition) is 0. The van der Waals surface area contributed by atoms with Crippen LogP contribution < -0.4 is 0 Å². The van der Waals surface area contributed by atoms with Gasteiger partial charge >= 0.3 is 33.5 Å². The normalized spacial score (nSPS) is 14.1. The van der Waals surface area contributed by atoms with Gasteiger partial charge in [-0.3, -0.25) is 4.98 Å². The summed E-state index contributed by atoms with van der Waals surface area (Å²) in [5.41, 5.74) is 6.80. The van der Waals surface area contributed by atoms with Gasteiger partial charge in [-0.05, 0) is 40.8 Å². The summed E-state index contributed by atoms with van der Waals surface area (Å²) < 4.78 is 0. The SMILES string of the molecule is C1=C(Cc2ccccc2)c2ccccc2C1Cc1ccccn1.[CH3-].[Cl][Cr+][Cl]. The van der Waals surface area contributed by atoms with E-state index in [9.17, 15) is 0 Å². The number of pyridine rings is 1. The number of nitrogens with zero attached hydrogens (tertiary/aromatic N) is 1. The molecular formula is C23H22Cl2CrN. The summed E-state index contributed by atoms with van der Waals surface area (Å²) in [5.74, 6) is 0.430. The Labute approximate surface area is 177 Å². The standard InChI is InChI=1S/C22H19N.CH3.2ClH.Cr/c1-2-8-17(9-3-1)14-18-15-19(16-20-10-6-7-13-23-20)22-12-5-4-11-21(18)22;;;;/h1-13,15,19H,14,16H2;1H3;2*1H;/q;-1;;;+3/p-2. The van der Waals surface area contributed by atoms with E-state index in [2.05, 4.69) is 77.8 Å². The van der Waals surface area contributed by atoms with Crippen LogP contribution in [0, 0.1) is 7.43 Å². The number of benzene rings is 2. The predicted molar refractivity (Wildman–Crippen MR) is 113 cm³/mol. The molecule has 139 valence electrons. The van der Waals surface area contributed by atoms with Crippen LogP contribution in [-0.2, 0) is 26.2 Å². The molecule has 0 amide bonds. The van der Waals surface area contributed by atoms with Crippen molar-refractivity contribution in [3.8, 4) is 0 Å². The first kappa shape index (κ1) is 21.7. The molecular weight excluding hydrogens is 413 g/mol. The fourth-order valence-electron chi connectivity index (χ4n) is 3.42. The number of fused-ring (bicyclic) bond motifs is 1. The van der Waals surface area contributed by atoms with Gasteiger partial charge in [0.05, 0.1) is 0 Å². The zero-order chi connectivity index (χ0) is 18.2. The molecule has 0 bridgehead atoms. The molecule has 4 rings (SSSR count). The van der Waals surface area contributed by atoms with Gasteiger partial charge in [0.25, 0.3) is 0 Å². The van der Waals surface area contributed by atoms with E-state index in [1.165, 1.54) is 22.3 Å². The second-order valence-electron chi connectivity index (χ2n) is 6.13. The third-order valence-electron chi connectivity index (χ3n) is 4.50. The topological polar surface area (TPSA) is 12.9 Å². The van der Waals surface area contributed by atoms with E-state index >= 15 is 0 Å². The molecule has 1 aromatic heterocycles. The van der Waals surface area contributed by atoms with E-state index in [1.807, 2.05) is 12.3 Å². The zero-order valence-corrected chi connectivity index (χ0v) is 18.0. The molecule has 4 heteroatoms. The molecule has 2 aromatic carbocycles. The third kappa shape index (κ3) is 5.96. The Hall–Kier alpha value is -1.56. The minimum atomic E-state index is -0.181. The molecule has 1 aliphatic carbocycles. The summed E-state index contributed by atoms with van der Waals surface area (Å²) in [6.45, 7) is 0. The summed E-state index contributed by atoms with van der Waals surface area (Å²) in [6, 6.07) is 25.7. The Balaban J connectivity index is 0.000000614. The van der Waals surface area contributed by atoms with E-state index in [0.717, 1.165) is 18.5 Å². The van der Waals surface area contributed by atoms with Crippen molar-refractivity contribution in [3.63, 3.8) is 0 Å². The summed E-state index contributed by atoms with van der Waals surface area (Å²) >= 11 is -0.181. The number of allylic oxidation sites excluding steroid dienone is 2. The van der Waals surface area contributed by atoms with Crippen LogP contribution in [0.2, 0.25) is 0 Å². The van der Waals surface area contributed by atoms with Gasteiger partial charge < -0.3 is 7.43 Å². The molecule has 0 N–H and O–H groups in total. The summed E-state index contributed by atoms with van der Waals surface area (Å²) in [4.78, 5) is 4.49. The maximum atomic E-state index is 4.83. The first-order valence-corrected chi connectivity index (χ1v) is 12.0. The van der Waals surface area contributed by atoms with Gasteiger partial charge in [0, 0.05) is 24.2 Å². The van der Waals surface area contributed by atoms with Gasteiger partial charge in [0.1, 0.15) is 0 Å². The van der Waals surface area contributed by atoms with Crippen LogP contribution in [-0.4, -0.2) is 4.98 Å². The third-order valence-corrected chi connectivity index (χ3v) is 4.50. The van der Waals surface area contributed by atoms with Crippen LogP contribution in [0.4, 0.5) is 0 Å². The maximum absolute atomic E-state index is 4.83. The van der Waals surface area contributed by atoms with Crippen molar-refractivity contribution >= 4 is 25.7 Å². The average molecular weight is 435 g/mol. The number of aromatic nitrogens is 1. The van der Waals surface area contributed by atoms with Crippen molar-refractivity contribution in [1.29, 1.82) is 0 Å². The Morgan fingerprint density at radius 3 is 2.22 bits per heavy atom. The van der Waals surface area contributed by atoms with Crippen LogP contribution in [0.15, 0.2) is 85.1 Å². The monoisotopic (exact) mass is 434 g/mol. The molecule has 1 unspecified atom stereocenters. The van der Waals surface area contributed by atoms with Gasteiger partial charge in [0.15, 0.2) is 0 Å². The van der Waals surface area contributed by atoms with Crippen molar-refractivity contribution in [1.82, 2.24) is 4.98 Å². The molecule has 3 aromatic rings. The van der Waals surface area contributed by atoms with Crippen molar-refractivity contribution < 1.29 is 13.4 Å². The molecule has 27 heavy (non-hydrogen) atoms. The van der Waals surface area contributed by atoms with Gasteiger partial charge in [-0.15, -0.1) is 0 Å². The molecule has 0 fully saturated rings. The average Bonchev–Trinajstić information content (AvgIpc) is 3.02. The Morgan fingerprint density at radius 1 is 0.852 bits per heavy atom. The second kappa shape index (κ2) is 11.3. The van der Waals surface area contributed by atoms with Gasteiger partial charge in [-0.25, -0.2) is 0 Å². The first-order valence-electron chi connectivity index (χ1n) is 8.45. The fourth-order valence-corrected chi connectivity index (χ4v) is 3.42. The first-order chi connectivity index (χ1) is 12.8. The molecule has 0 radical (unpaired) electrons. The molecule has 0 aliphatic heterocycles. The van der Waals surface area contributed by atoms with Crippen LogP contribution in [0.25, 0.3) is 5.57 Å². The Kier molecular flexibility index (Phi) is 9.12. The predicted octanol–water partition coefficient (Wildman–Crippen LogP) is 6.87. The van der Waals surface area contributed by atoms with Crippen LogP contribution in [0.1, 0.15) is 28.3 Å². The molecule has 1 atom stereocenters. The van der Waals surface area contributed by atoms with Gasteiger partial charge in [-0.1, -0.05) is 66.7 Å². The molecule has 0 saturated heterocycles. The van der Waals surface area contributed by atoms with Crippen LogP contribution >= 0.6 is 20.1 Å². The van der Waals surface area contributed by atoms with E-state index in [0.29, 0.717) is 5.92 Å². The van der Waals surface area contributed by atoms with E-state index in [1.54, 1.807) is 0 Å². The number of hydrogen-bond acceptors (Lipinski definition) is 1. The van der Waals surface area contributed by atoms with E-state index in [-0.39, 0.29) is 20.8 Å². The number of rotatable bonds is 4. The number of halogens is 2. The van der Waals surface area contributed by atoms with Crippen molar-refractivity contribution in [3.05, 3.63) is 115 Å². The fraction of sp³-hybridized carbons (Fsp3) is 0.130. The zero-order valence-electron chi connectivity index (χ0n) is 15.2. The summed E-state index contributed by atoms with van der Waals surface area (Å²) in [5, 5.41) is 0. The Morgan fingerprint density at radius 2 is 1.52 bits per heavy atom. The molecule has 0 spiro atoms. The summed E-state index contributed by atoms with van der Waals surface area (Å²) in [7, 11) is 9.65. The minimum absolute atomic E-state index is 0. The van der Waals surface area contributed by atoms with Gasteiger partial charge in [-0.2, -0.15) is 0 Å². The molecule has 1 heterocycles. The Bertz CT molecular complexity index is 851. The van der Waals surface area contributed by atoms with Crippen molar-refractivity contribution in [2.75, 3.05) is 0 Å². The van der Waals surface area contributed by atoms with Crippen molar-refractivity contribution in [2.24, 2.45) is 0 Å². The van der Waals surface area contributed by atoms with Crippen LogP contribution in [0.5, 0.6) is 0 Å². The quantitative estimate of drug-likeness (QED) is 0.408. The molecule has 0 saturated carbocycles. The van der Waals surface area contributed by atoms with Crippen LogP contribution in [0.3, 0.4) is 0 Å². The van der Waals surface area contributed by atoms with Crippen molar-refractivity contribution in [2.45, 2.75) is 18.8 Å². The van der Waals surface area contributed by atoms with E-state index < -0.39 is 0 Å². The summed E-state index contributed by atoms with van der Waals surface area (Å²) in [6.07, 6.45) is 6.28. The molecule has 1 nitrogen and oxygen atoms in total. The van der Waals surface area contributed by atoms with Gasteiger partial charge in [0.2, 0.25) is 0 Å².